The zero-order valence-electron chi connectivity index (χ0n) is 14.0. The number of carbonyl (C=O) groups is 1. The number of aryl methyl sites for hydroxylation is 1. The lowest BCUT2D eigenvalue weighted by molar-refractivity contribution is 0.0531. The van der Waals surface area contributed by atoms with Crippen LogP contribution < -0.4 is 5.32 Å². The number of nitrogens with zero attached hydrogens (tertiary/aromatic N) is 2. The third kappa shape index (κ3) is 3.37. The Morgan fingerprint density at radius 3 is 2.92 bits per heavy atom. The van der Waals surface area contributed by atoms with Crippen molar-refractivity contribution in [2.24, 2.45) is 5.92 Å². The van der Waals surface area contributed by atoms with Crippen LogP contribution in [0.4, 0.5) is 5.82 Å². The van der Waals surface area contributed by atoms with Gasteiger partial charge in [0.15, 0.2) is 0 Å². The fourth-order valence-corrected chi connectivity index (χ4v) is 4.35. The van der Waals surface area contributed by atoms with E-state index in [1.165, 1.54) is 30.5 Å². The molecule has 1 fully saturated rings. The monoisotopic (exact) mass is 349 g/mol. The first-order valence-corrected chi connectivity index (χ1v) is 9.26. The van der Waals surface area contributed by atoms with Crippen LogP contribution in [-0.4, -0.2) is 40.3 Å². The molecule has 2 aromatic heterocycles. The smallest absolute Gasteiger partial charge is 0.348 e. The Balaban J connectivity index is 1.81. The first-order chi connectivity index (χ1) is 11.6. The van der Waals surface area contributed by atoms with Crippen molar-refractivity contribution in [3.05, 3.63) is 16.8 Å². The van der Waals surface area contributed by atoms with Crippen LogP contribution in [-0.2, 0) is 4.74 Å². The van der Waals surface area contributed by atoms with E-state index in [9.17, 15) is 9.90 Å². The molecule has 1 unspecified atom stereocenters. The highest BCUT2D eigenvalue weighted by atomic mass is 32.1. The maximum Gasteiger partial charge on any atom is 0.348 e. The largest absolute Gasteiger partial charge is 0.462 e. The molecule has 24 heavy (non-hydrogen) atoms. The van der Waals surface area contributed by atoms with Crippen molar-refractivity contribution in [2.75, 3.05) is 18.5 Å². The maximum atomic E-state index is 12.1. The Morgan fingerprint density at radius 1 is 1.46 bits per heavy atom. The van der Waals surface area contributed by atoms with Gasteiger partial charge in [-0.1, -0.05) is 12.8 Å². The van der Waals surface area contributed by atoms with Gasteiger partial charge < -0.3 is 15.2 Å². The van der Waals surface area contributed by atoms with Crippen molar-refractivity contribution in [2.45, 2.75) is 45.6 Å². The van der Waals surface area contributed by atoms with Crippen molar-refractivity contribution < 1.29 is 14.6 Å². The molecule has 2 heterocycles. The molecule has 2 N–H and O–H groups in total. The van der Waals surface area contributed by atoms with E-state index in [4.69, 9.17) is 4.74 Å². The normalized spacial score (nSPS) is 16.5. The molecule has 0 aromatic carbocycles. The number of ether oxygens (including phenoxy) is 1. The van der Waals surface area contributed by atoms with E-state index in [1.807, 2.05) is 6.92 Å². The average molecular weight is 349 g/mol. The second-order valence-corrected chi connectivity index (χ2v) is 7.17. The van der Waals surface area contributed by atoms with Gasteiger partial charge in [0.05, 0.1) is 18.1 Å². The molecular formula is C17H23N3O3S. The van der Waals surface area contributed by atoms with Gasteiger partial charge >= 0.3 is 5.97 Å². The molecule has 0 aliphatic heterocycles. The van der Waals surface area contributed by atoms with Gasteiger partial charge in [-0.3, -0.25) is 0 Å². The van der Waals surface area contributed by atoms with E-state index in [0.29, 0.717) is 29.8 Å². The van der Waals surface area contributed by atoms with Crippen LogP contribution in [0.5, 0.6) is 0 Å². The van der Waals surface area contributed by atoms with Crippen LogP contribution in [0, 0.1) is 12.8 Å². The summed E-state index contributed by atoms with van der Waals surface area (Å²) < 4.78 is 5.11. The van der Waals surface area contributed by atoms with E-state index < -0.39 is 0 Å². The quantitative estimate of drug-likeness (QED) is 0.780. The molecule has 1 aliphatic rings. The summed E-state index contributed by atoms with van der Waals surface area (Å²) in [6, 6.07) is 0. The molecule has 6 nitrogen and oxygen atoms in total. The summed E-state index contributed by atoms with van der Waals surface area (Å²) in [7, 11) is 0. The minimum absolute atomic E-state index is 0.324. The van der Waals surface area contributed by atoms with Gasteiger partial charge in [-0.2, -0.15) is 0 Å². The molecule has 3 rings (SSSR count). The zero-order chi connectivity index (χ0) is 17.1. The van der Waals surface area contributed by atoms with Gasteiger partial charge in [-0.15, -0.1) is 11.3 Å². The van der Waals surface area contributed by atoms with Crippen LogP contribution in [0.2, 0.25) is 0 Å². The van der Waals surface area contributed by atoms with Gasteiger partial charge in [0.2, 0.25) is 0 Å². The summed E-state index contributed by atoms with van der Waals surface area (Å²) in [5.41, 5.74) is 0.826. The third-order valence-electron chi connectivity index (χ3n) is 4.61. The number of aromatic nitrogens is 2. The summed E-state index contributed by atoms with van der Waals surface area (Å²) in [6.07, 6.45) is 5.69. The molecule has 0 amide bonds. The number of rotatable bonds is 6. The Bertz CT molecular complexity index is 725. The fraction of sp³-hybridized carbons (Fsp3) is 0.588. The minimum atomic E-state index is -0.374. The molecular weight excluding hydrogens is 326 g/mol. The Hall–Kier alpha value is -1.73. The van der Waals surface area contributed by atoms with Crippen molar-refractivity contribution in [1.82, 2.24) is 9.97 Å². The van der Waals surface area contributed by atoms with E-state index in [1.54, 1.807) is 6.92 Å². The summed E-state index contributed by atoms with van der Waals surface area (Å²) in [5, 5.41) is 14.4. The van der Waals surface area contributed by atoms with Crippen LogP contribution >= 0.6 is 11.3 Å². The standard InChI is InChI=1S/C17H23N3O3S/c1-3-23-17(22)14-10(2)13-15(19-9-20-16(13)24-14)18-8-12(21)11-6-4-5-7-11/h9,11-12,21H,3-8H2,1-2H3,(H,18,19,20). The van der Waals surface area contributed by atoms with Crippen molar-refractivity contribution in [3.63, 3.8) is 0 Å². The number of anilines is 1. The molecule has 7 heteroatoms. The van der Waals surface area contributed by atoms with Crippen LogP contribution in [0.25, 0.3) is 10.2 Å². The fourth-order valence-electron chi connectivity index (χ4n) is 3.31. The van der Waals surface area contributed by atoms with E-state index in [0.717, 1.165) is 28.6 Å². The highest BCUT2D eigenvalue weighted by molar-refractivity contribution is 7.20. The second-order valence-electron chi connectivity index (χ2n) is 6.17. The maximum absolute atomic E-state index is 12.1. The first kappa shape index (κ1) is 17.1. The van der Waals surface area contributed by atoms with Gasteiger partial charge in [0.1, 0.15) is 21.9 Å². The molecule has 0 radical (unpaired) electrons. The third-order valence-corrected chi connectivity index (χ3v) is 5.79. The lowest BCUT2D eigenvalue weighted by Gasteiger charge is -2.18. The SMILES string of the molecule is CCOC(=O)c1sc2ncnc(NCC(O)C3CCCC3)c2c1C. The van der Waals surface area contributed by atoms with Crippen LogP contribution in [0.15, 0.2) is 6.33 Å². The van der Waals surface area contributed by atoms with Crippen molar-refractivity contribution in [1.29, 1.82) is 0 Å². The Morgan fingerprint density at radius 2 is 2.21 bits per heavy atom. The predicted octanol–water partition coefficient (Wildman–Crippen LogP) is 3.14. The number of hydrogen-bond donors (Lipinski definition) is 2. The molecule has 1 saturated carbocycles. The van der Waals surface area contributed by atoms with E-state index in [2.05, 4.69) is 15.3 Å². The zero-order valence-corrected chi connectivity index (χ0v) is 14.9. The summed E-state index contributed by atoms with van der Waals surface area (Å²) in [6.45, 7) is 4.47. The van der Waals surface area contributed by atoms with Gasteiger partial charge in [0.25, 0.3) is 0 Å². The minimum Gasteiger partial charge on any atom is -0.462 e. The molecule has 1 aliphatic carbocycles. The molecule has 0 spiro atoms. The van der Waals surface area contributed by atoms with Gasteiger partial charge in [-0.05, 0) is 38.2 Å². The number of thiophene rings is 1. The van der Waals surface area contributed by atoms with Crippen LogP contribution in [0.3, 0.4) is 0 Å². The summed E-state index contributed by atoms with van der Waals surface area (Å²) in [4.78, 5) is 22.0. The highest BCUT2D eigenvalue weighted by Crippen LogP contribution is 2.34. The van der Waals surface area contributed by atoms with Gasteiger partial charge in [0, 0.05) is 6.54 Å². The van der Waals surface area contributed by atoms with Crippen molar-refractivity contribution in [3.8, 4) is 0 Å². The first-order valence-electron chi connectivity index (χ1n) is 8.45. The molecule has 1 atom stereocenters. The number of fused-ring (bicyclic) bond motifs is 1. The Kier molecular flexibility index (Phi) is 5.30. The van der Waals surface area contributed by atoms with E-state index >= 15 is 0 Å². The van der Waals surface area contributed by atoms with Crippen molar-refractivity contribution >= 4 is 33.3 Å². The summed E-state index contributed by atoms with van der Waals surface area (Å²) in [5.74, 6) is 0.713. The summed E-state index contributed by atoms with van der Waals surface area (Å²) >= 11 is 1.32. The van der Waals surface area contributed by atoms with Gasteiger partial charge in [-0.25, -0.2) is 14.8 Å². The molecule has 2 aromatic rings. The number of nitrogens with one attached hydrogen (secondary N) is 1. The number of aliphatic hydroxyl groups is 1. The van der Waals surface area contributed by atoms with E-state index in [-0.39, 0.29) is 12.1 Å². The highest BCUT2D eigenvalue weighted by Gasteiger charge is 2.24. The lowest BCUT2D eigenvalue weighted by Crippen LogP contribution is -2.27. The Labute approximate surface area is 145 Å². The lowest BCUT2D eigenvalue weighted by atomic mass is 10.0. The number of aliphatic hydroxyl groups excluding tert-OH is 1. The second kappa shape index (κ2) is 7.44. The molecule has 130 valence electrons. The number of esters is 1. The molecule has 0 bridgehead atoms. The predicted molar refractivity (Wildman–Crippen MR) is 94.6 cm³/mol. The average Bonchev–Trinajstić information content (AvgIpc) is 3.21. The number of carbonyl (C=O) groups excluding carboxylic acids is 1. The topological polar surface area (TPSA) is 84.3 Å². The molecule has 0 saturated heterocycles. The van der Waals surface area contributed by atoms with Crippen LogP contribution in [0.1, 0.15) is 47.8 Å². The number of hydrogen-bond acceptors (Lipinski definition) is 7.